The fourth-order valence-corrected chi connectivity index (χ4v) is 2.32. The topological polar surface area (TPSA) is 85.9 Å². The van der Waals surface area contributed by atoms with Crippen molar-refractivity contribution >= 4 is 11.8 Å². The summed E-state index contributed by atoms with van der Waals surface area (Å²) in [7, 11) is 0. The quantitative estimate of drug-likeness (QED) is 0.654. The van der Waals surface area contributed by atoms with E-state index in [-0.39, 0.29) is 24.5 Å². The van der Waals surface area contributed by atoms with Gasteiger partial charge in [-0.25, -0.2) is 0 Å². The summed E-state index contributed by atoms with van der Waals surface area (Å²) in [5.74, 6) is 0.758. The lowest BCUT2D eigenvalue weighted by Gasteiger charge is -2.12. The second-order valence-electron chi connectivity index (χ2n) is 5.31. The normalized spacial score (nSPS) is 16.5. The number of rotatable bonds is 9. The van der Waals surface area contributed by atoms with Gasteiger partial charge in [0.15, 0.2) is 18.1 Å². The molecule has 2 rings (SSSR count). The fraction of sp³-hybridized carbons (Fsp3) is 0.529. The third-order valence-electron chi connectivity index (χ3n) is 3.48. The molecule has 1 aromatic rings. The number of hydrogen-bond donors (Lipinski definition) is 2. The molecule has 1 aliphatic rings. The summed E-state index contributed by atoms with van der Waals surface area (Å²) in [6, 6.07) is 7.20. The summed E-state index contributed by atoms with van der Waals surface area (Å²) in [6.07, 6.45) is 1.32. The number of benzene rings is 1. The van der Waals surface area contributed by atoms with Gasteiger partial charge in [-0.15, -0.1) is 0 Å². The first-order valence-corrected chi connectivity index (χ1v) is 8.21. The van der Waals surface area contributed by atoms with E-state index >= 15 is 0 Å². The number of carbonyl (C=O) groups is 2. The van der Waals surface area contributed by atoms with Crippen molar-refractivity contribution < 1.29 is 23.8 Å². The summed E-state index contributed by atoms with van der Waals surface area (Å²) in [4.78, 5) is 23.5. The predicted molar refractivity (Wildman–Crippen MR) is 88.1 cm³/mol. The van der Waals surface area contributed by atoms with E-state index in [1.807, 2.05) is 19.1 Å². The molecule has 1 atom stereocenters. The Hall–Kier alpha value is -2.28. The van der Waals surface area contributed by atoms with E-state index in [1.165, 1.54) is 0 Å². The van der Waals surface area contributed by atoms with Gasteiger partial charge in [-0.3, -0.25) is 9.59 Å². The van der Waals surface area contributed by atoms with Gasteiger partial charge in [-0.2, -0.15) is 0 Å². The lowest BCUT2D eigenvalue weighted by Crippen LogP contribution is -2.40. The molecule has 1 unspecified atom stereocenters. The maximum atomic E-state index is 11.8. The van der Waals surface area contributed by atoms with Crippen LogP contribution in [0.1, 0.15) is 19.8 Å². The van der Waals surface area contributed by atoms with Crippen LogP contribution >= 0.6 is 0 Å². The summed E-state index contributed by atoms with van der Waals surface area (Å²) < 4.78 is 16.2. The molecular weight excluding hydrogens is 312 g/mol. The van der Waals surface area contributed by atoms with Crippen LogP contribution in [0.5, 0.6) is 11.5 Å². The van der Waals surface area contributed by atoms with Gasteiger partial charge in [0.2, 0.25) is 5.91 Å². The van der Waals surface area contributed by atoms with Crippen LogP contribution in [0.2, 0.25) is 0 Å². The predicted octanol–water partition coefficient (Wildman–Crippen LogP) is 0.875. The van der Waals surface area contributed by atoms with Gasteiger partial charge in [0, 0.05) is 19.7 Å². The second kappa shape index (κ2) is 9.77. The highest BCUT2D eigenvalue weighted by molar-refractivity contribution is 5.81. The Kier molecular flexibility index (Phi) is 7.35. The van der Waals surface area contributed by atoms with Crippen molar-refractivity contribution in [3.8, 4) is 11.5 Å². The van der Waals surface area contributed by atoms with Gasteiger partial charge >= 0.3 is 0 Å². The van der Waals surface area contributed by atoms with Crippen molar-refractivity contribution in [2.75, 3.05) is 32.9 Å². The molecule has 1 fully saturated rings. The van der Waals surface area contributed by atoms with Crippen LogP contribution in [0.15, 0.2) is 24.3 Å². The van der Waals surface area contributed by atoms with E-state index in [0.29, 0.717) is 37.8 Å². The third kappa shape index (κ3) is 5.73. The van der Waals surface area contributed by atoms with Gasteiger partial charge in [-0.1, -0.05) is 12.1 Å². The molecule has 0 aromatic heterocycles. The summed E-state index contributed by atoms with van der Waals surface area (Å²) in [5, 5.41) is 5.43. The highest BCUT2D eigenvalue weighted by Crippen LogP contribution is 2.26. The van der Waals surface area contributed by atoms with Crippen molar-refractivity contribution in [2.45, 2.75) is 25.9 Å². The first-order valence-electron chi connectivity index (χ1n) is 8.21. The Morgan fingerprint density at radius 2 is 1.88 bits per heavy atom. The number of amides is 2. The van der Waals surface area contributed by atoms with E-state index < -0.39 is 0 Å². The van der Waals surface area contributed by atoms with E-state index in [2.05, 4.69) is 10.6 Å². The molecule has 2 amide bonds. The first kappa shape index (κ1) is 18.1. The molecule has 1 saturated heterocycles. The maximum absolute atomic E-state index is 11.8. The van der Waals surface area contributed by atoms with E-state index in [4.69, 9.17) is 14.2 Å². The number of hydrogen-bond acceptors (Lipinski definition) is 5. The largest absolute Gasteiger partial charge is 0.490 e. The molecule has 0 aliphatic carbocycles. The lowest BCUT2D eigenvalue weighted by atomic mass is 10.2. The molecule has 1 aromatic carbocycles. The summed E-state index contributed by atoms with van der Waals surface area (Å²) in [6.45, 7) is 3.64. The minimum Gasteiger partial charge on any atom is -0.490 e. The Labute approximate surface area is 141 Å². The van der Waals surface area contributed by atoms with Crippen LogP contribution in [-0.2, 0) is 14.3 Å². The van der Waals surface area contributed by atoms with Gasteiger partial charge in [-0.05, 0) is 31.9 Å². The van der Waals surface area contributed by atoms with Gasteiger partial charge in [0.05, 0.1) is 6.61 Å². The van der Waals surface area contributed by atoms with E-state index in [0.717, 1.165) is 12.8 Å². The van der Waals surface area contributed by atoms with Gasteiger partial charge < -0.3 is 24.8 Å². The maximum Gasteiger partial charge on any atom is 0.258 e. The molecule has 2 N–H and O–H groups in total. The zero-order valence-electron chi connectivity index (χ0n) is 13.9. The highest BCUT2D eigenvalue weighted by atomic mass is 16.5. The zero-order valence-corrected chi connectivity index (χ0v) is 13.9. The van der Waals surface area contributed by atoms with E-state index in [9.17, 15) is 9.59 Å². The number of ether oxygens (including phenoxy) is 3. The number of nitrogens with one attached hydrogen (secondary N) is 2. The Morgan fingerprint density at radius 3 is 2.54 bits per heavy atom. The van der Waals surface area contributed by atoms with Crippen molar-refractivity contribution in [3.05, 3.63) is 24.3 Å². The molecule has 0 saturated carbocycles. The fourth-order valence-electron chi connectivity index (χ4n) is 2.32. The van der Waals surface area contributed by atoms with Crippen LogP contribution in [0.4, 0.5) is 0 Å². The monoisotopic (exact) mass is 336 g/mol. The Balaban J connectivity index is 1.62. The van der Waals surface area contributed by atoms with Crippen LogP contribution in [0.25, 0.3) is 0 Å². The SMILES string of the molecule is CCOc1ccccc1OCC(=O)NCCNC(=O)C1CCCO1. The molecule has 132 valence electrons. The van der Waals surface area contributed by atoms with Crippen LogP contribution < -0.4 is 20.1 Å². The smallest absolute Gasteiger partial charge is 0.258 e. The van der Waals surface area contributed by atoms with Crippen LogP contribution in [0, 0.1) is 0 Å². The molecule has 1 heterocycles. The minimum atomic E-state index is -0.348. The van der Waals surface area contributed by atoms with Gasteiger partial charge in [0.1, 0.15) is 6.10 Å². The number of carbonyl (C=O) groups excluding carboxylic acids is 2. The summed E-state index contributed by atoms with van der Waals surface area (Å²) in [5.41, 5.74) is 0. The third-order valence-corrected chi connectivity index (χ3v) is 3.48. The second-order valence-corrected chi connectivity index (χ2v) is 5.31. The van der Waals surface area contributed by atoms with Crippen LogP contribution in [-0.4, -0.2) is 50.8 Å². The average molecular weight is 336 g/mol. The van der Waals surface area contributed by atoms with Crippen molar-refractivity contribution in [3.63, 3.8) is 0 Å². The lowest BCUT2D eigenvalue weighted by molar-refractivity contribution is -0.130. The summed E-state index contributed by atoms with van der Waals surface area (Å²) >= 11 is 0. The molecule has 24 heavy (non-hydrogen) atoms. The Morgan fingerprint density at radius 1 is 1.17 bits per heavy atom. The first-order chi connectivity index (χ1) is 11.7. The molecular formula is C17H24N2O5. The molecule has 7 nitrogen and oxygen atoms in total. The highest BCUT2D eigenvalue weighted by Gasteiger charge is 2.22. The molecule has 0 bridgehead atoms. The molecule has 7 heteroatoms. The van der Waals surface area contributed by atoms with Gasteiger partial charge in [0.25, 0.3) is 5.91 Å². The van der Waals surface area contributed by atoms with E-state index in [1.54, 1.807) is 12.1 Å². The molecule has 0 radical (unpaired) electrons. The van der Waals surface area contributed by atoms with Crippen molar-refractivity contribution in [1.82, 2.24) is 10.6 Å². The van der Waals surface area contributed by atoms with Crippen LogP contribution in [0.3, 0.4) is 0 Å². The van der Waals surface area contributed by atoms with Crippen molar-refractivity contribution in [1.29, 1.82) is 0 Å². The Bertz CT molecular complexity index is 544. The average Bonchev–Trinajstić information content (AvgIpc) is 3.13. The van der Waals surface area contributed by atoms with Crippen molar-refractivity contribution in [2.24, 2.45) is 0 Å². The molecule has 1 aliphatic heterocycles. The minimum absolute atomic E-state index is 0.107. The standard InChI is InChI=1S/C17H24N2O5/c1-2-22-13-6-3-4-7-14(13)24-12-16(20)18-9-10-19-17(21)15-8-5-11-23-15/h3-4,6-7,15H,2,5,8-12H2,1H3,(H,18,20)(H,19,21). The molecule has 0 spiro atoms. The zero-order chi connectivity index (χ0) is 17.2. The number of para-hydroxylation sites is 2.